The van der Waals surface area contributed by atoms with Gasteiger partial charge in [-0.3, -0.25) is 0 Å². The number of hydrogen-bond acceptors (Lipinski definition) is 10. The van der Waals surface area contributed by atoms with Gasteiger partial charge in [-0.15, -0.1) is 0 Å². The summed E-state index contributed by atoms with van der Waals surface area (Å²) in [5, 5.41) is 66.2. The molecule has 9 nitrogen and oxygen atoms in total. The summed E-state index contributed by atoms with van der Waals surface area (Å²) >= 11 is 1.21. The van der Waals surface area contributed by atoms with Crippen molar-refractivity contribution in [1.29, 1.82) is 0 Å². The molecule has 0 aromatic heterocycles. The third-order valence-electron chi connectivity index (χ3n) is 3.87. The highest BCUT2D eigenvalue weighted by Crippen LogP contribution is 2.31. The molecule has 2 rings (SSSR count). The molecule has 2 heterocycles. The molecule has 0 aromatic carbocycles. The van der Waals surface area contributed by atoms with Crippen molar-refractivity contribution in [3.8, 4) is 0 Å². The highest BCUT2D eigenvalue weighted by atomic mass is 32.2. The van der Waals surface area contributed by atoms with Crippen molar-refractivity contribution in [2.45, 2.75) is 60.9 Å². The maximum atomic E-state index is 9.84. The topological polar surface area (TPSA) is 160 Å². The molecule has 0 aliphatic carbocycles. The molecule has 9 atom stereocenters. The van der Waals surface area contributed by atoms with Crippen LogP contribution in [0, 0.1) is 0 Å². The molecule has 0 spiro atoms. The molecule has 7 N–H and O–H groups in total. The number of aliphatic hydroxyl groups excluding tert-OH is 7. The van der Waals surface area contributed by atoms with E-state index in [2.05, 4.69) is 0 Å². The van der Waals surface area contributed by atoms with Gasteiger partial charge in [0.1, 0.15) is 24.4 Å². The van der Waals surface area contributed by atoms with Gasteiger partial charge in [0.25, 0.3) is 0 Å². The Balaban J connectivity index is 1.91. The minimum atomic E-state index is -1.60. The molecule has 0 amide bonds. The van der Waals surface area contributed by atoms with Crippen molar-refractivity contribution in [3.05, 3.63) is 0 Å². The Bertz CT molecular complexity index is 351. The number of ether oxygens (including phenoxy) is 2. The van der Waals surface area contributed by atoms with E-state index in [1.54, 1.807) is 0 Å². The highest BCUT2D eigenvalue weighted by molar-refractivity contribution is 8.00. The minimum Gasteiger partial charge on any atom is -0.394 e. The summed E-state index contributed by atoms with van der Waals surface area (Å²) in [5.41, 5.74) is 0. The van der Waals surface area contributed by atoms with Gasteiger partial charge in [0.2, 0.25) is 0 Å². The van der Waals surface area contributed by atoms with E-state index < -0.39 is 49.2 Å². The first-order valence-electron chi connectivity index (χ1n) is 6.97. The Hall–Kier alpha value is -0.0100. The zero-order valence-corrected chi connectivity index (χ0v) is 12.5. The summed E-state index contributed by atoms with van der Waals surface area (Å²) in [6.07, 6.45) is -9.99. The second-order valence-corrected chi connectivity index (χ2v) is 6.73. The summed E-state index contributed by atoms with van der Waals surface area (Å²) in [7, 11) is 0. The van der Waals surface area contributed by atoms with Crippen molar-refractivity contribution < 1.29 is 45.2 Å². The maximum Gasteiger partial charge on any atom is 0.183 e. The van der Waals surface area contributed by atoms with E-state index in [9.17, 15) is 35.7 Å². The Kier molecular flexibility index (Phi) is 6.42. The first kappa shape index (κ1) is 18.3. The van der Waals surface area contributed by atoms with Gasteiger partial charge >= 0.3 is 0 Å². The third kappa shape index (κ3) is 3.90. The second-order valence-electron chi connectivity index (χ2n) is 5.46. The number of rotatable bonds is 4. The molecule has 0 bridgehead atoms. The molecule has 0 aromatic rings. The zero-order chi connectivity index (χ0) is 16.4. The molecule has 2 aliphatic rings. The highest BCUT2D eigenvalue weighted by Gasteiger charge is 2.44. The first-order valence-corrected chi connectivity index (χ1v) is 8.01. The normalized spacial score (nSPS) is 50.0. The molecular formula is C12H22O9S. The number of thioether (sulfide) groups is 1. The number of aliphatic hydroxyl groups is 7. The molecule has 2 aliphatic heterocycles. The largest absolute Gasteiger partial charge is 0.394 e. The maximum absolute atomic E-state index is 9.84. The van der Waals surface area contributed by atoms with Crippen LogP contribution in [0.1, 0.15) is 6.42 Å². The lowest BCUT2D eigenvalue weighted by atomic mass is 10.0. The van der Waals surface area contributed by atoms with Gasteiger partial charge in [-0.25, -0.2) is 0 Å². The van der Waals surface area contributed by atoms with E-state index >= 15 is 0 Å². The molecule has 0 radical (unpaired) electrons. The van der Waals surface area contributed by atoms with Crippen LogP contribution in [-0.2, 0) is 9.47 Å². The summed E-state index contributed by atoms with van der Waals surface area (Å²) in [4.78, 5) is 0. The Morgan fingerprint density at radius 3 is 2.09 bits per heavy atom. The molecule has 10 heteroatoms. The lowest BCUT2D eigenvalue weighted by Crippen LogP contribution is -2.58. The molecular weight excluding hydrogens is 320 g/mol. The van der Waals surface area contributed by atoms with Crippen molar-refractivity contribution in [2.24, 2.45) is 0 Å². The van der Waals surface area contributed by atoms with Crippen LogP contribution in [0.4, 0.5) is 0 Å². The van der Waals surface area contributed by atoms with E-state index in [-0.39, 0.29) is 24.0 Å². The summed E-state index contributed by atoms with van der Waals surface area (Å²) in [5.74, 6) is 0.134. The number of hydrogen-bond donors (Lipinski definition) is 7. The smallest absolute Gasteiger partial charge is 0.183 e. The van der Waals surface area contributed by atoms with E-state index in [0.717, 1.165) is 0 Å². The predicted molar refractivity (Wildman–Crippen MR) is 73.7 cm³/mol. The third-order valence-corrected chi connectivity index (χ3v) is 5.32. The molecule has 0 unspecified atom stereocenters. The zero-order valence-electron chi connectivity index (χ0n) is 11.7. The summed E-state index contributed by atoms with van der Waals surface area (Å²) in [6, 6.07) is 0. The standard InChI is InChI=1S/C12H22O9S/c13-2-5-7(1-4(14)11(18)20-5)22-3-6-8(15)9(16)10(17)12(19)21-6/h4-19H,1-3H2/t4-,5-,6-,7-,8+,9+,10-,11+,12+/m1/s1. The fraction of sp³-hybridized carbons (Fsp3) is 1.00. The van der Waals surface area contributed by atoms with E-state index in [0.29, 0.717) is 0 Å². The predicted octanol–water partition coefficient (Wildman–Crippen LogP) is -3.65. The van der Waals surface area contributed by atoms with Crippen LogP contribution in [0.2, 0.25) is 0 Å². The van der Waals surface area contributed by atoms with Crippen LogP contribution in [0.15, 0.2) is 0 Å². The van der Waals surface area contributed by atoms with E-state index in [1.807, 2.05) is 0 Å². The van der Waals surface area contributed by atoms with Crippen LogP contribution in [0.5, 0.6) is 0 Å². The molecule has 2 saturated heterocycles. The average molecular weight is 342 g/mol. The molecule has 130 valence electrons. The Morgan fingerprint density at radius 1 is 0.818 bits per heavy atom. The van der Waals surface area contributed by atoms with Crippen LogP contribution in [0.25, 0.3) is 0 Å². The monoisotopic (exact) mass is 342 g/mol. The Labute approximate surface area is 131 Å². The average Bonchev–Trinajstić information content (AvgIpc) is 2.50. The summed E-state index contributed by atoms with van der Waals surface area (Å²) in [6.45, 7) is -0.348. The lowest BCUT2D eigenvalue weighted by molar-refractivity contribution is -0.276. The molecule has 0 saturated carbocycles. The van der Waals surface area contributed by atoms with Crippen molar-refractivity contribution in [2.75, 3.05) is 12.4 Å². The first-order chi connectivity index (χ1) is 10.3. The lowest BCUT2D eigenvalue weighted by Gasteiger charge is -2.40. The van der Waals surface area contributed by atoms with Crippen LogP contribution in [0.3, 0.4) is 0 Å². The molecule has 22 heavy (non-hydrogen) atoms. The van der Waals surface area contributed by atoms with Gasteiger partial charge in [-0.2, -0.15) is 11.8 Å². The van der Waals surface area contributed by atoms with E-state index in [1.165, 1.54) is 11.8 Å². The van der Waals surface area contributed by atoms with Gasteiger partial charge in [0.05, 0.1) is 18.8 Å². The van der Waals surface area contributed by atoms with Crippen molar-refractivity contribution in [1.82, 2.24) is 0 Å². The minimum absolute atomic E-state index is 0.134. The summed E-state index contributed by atoms with van der Waals surface area (Å²) < 4.78 is 10.1. The van der Waals surface area contributed by atoms with E-state index in [4.69, 9.17) is 9.47 Å². The van der Waals surface area contributed by atoms with Gasteiger partial charge in [-0.1, -0.05) is 0 Å². The van der Waals surface area contributed by atoms with Gasteiger partial charge in [0.15, 0.2) is 12.6 Å². The fourth-order valence-electron chi connectivity index (χ4n) is 2.49. The Morgan fingerprint density at radius 2 is 1.45 bits per heavy atom. The SMILES string of the molecule is OC[C@H]1O[C@H](O)[C@H](O)C[C@H]1SC[C@H]1O[C@H](O)[C@H](O)[C@@H](O)[C@H]1O. The quantitative estimate of drug-likeness (QED) is 0.271. The van der Waals surface area contributed by atoms with Gasteiger partial charge < -0.3 is 45.2 Å². The van der Waals surface area contributed by atoms with Crippen LogP contribution < -0.4 is 0 Å². The van der Waals surface area contributed by atoms with Crippen molar-refractivity contribution in [3.63, 3.8) is 0 Å². The second kappa shape index (κ2) is 7.71. The van der Waals surface area contributed by atoms with Crippen molar-refractivity contribution >= 4 is 11.8 Å². The van der Waals surface area contributed by atoms with Crippen LogP contribution >= 0.6 is 11.8 Å². The molecule has 2 fully saturated rings. The van der Waals surface area contributed by atoms with Gasteiger partial charge in [0, 0.05) is 11.0 Å². The van der Waals surface area contributed by atoms with Gasteiger partial charge in [-0.05, 0) is 6.42 Å². The van der Waals surface area contributed by atoms with Crippen LogP contribution in [-0.4, -0.2) is 103 Å². The fourth-order valence-corrected chi connectivity index (χ4v) is 3.90.